The molecule has 7 heteroatoms. The molecule has 0 atom stereocenters. The third kappa shape index (κ3) is 2.19. The second kappa shape index (κ2) is 5.28. The number of aromatic amines is 1. The van der Waals surface area contributed by atoms with E-state index in [0.29, 0.717) is 38.1 Å². The van der Waals surface area contributed by atoms with Crippen LogP contribution in [0.4, 0.5) is 10.1 Å². The Bertz CT molecular complexity index is 1120. The Labute approximate surface area is 139 Å². The standard InChI is InChI=1S/C17H10ClFN3O2/c18-13-7-9(19)6-11-12(8-20-17(11)13)15-5-4-10-14(21-15)2-1-3-16(10)22(23)24/h1-8,20H,(H,23,24)/q+1. The number of nitrogens with zero attached hydrogens (tertiary/aromatic N) is 2. The molecule has 2 aromatic carbocycles. The zero-order chi connectivity index (χ0) is 16.8. The molecule has 0 bridgehead atoms. The monoisotopic (exact) mass is 342 g/mol. The van der Waals surface area contributed by atoms with Crippen molar-refractivity contribution < 1.29 is 14.5 Å². The lowest BCUT2D eigenvalue weighted by atomic mass is 10.1. The van der Waals surface area contributed by atoms with Crippen LogP contribution in [0, 0.1) is 10.7 Å². The van der Waals surface area contributed by atoms with Crippen LogP contribution >= 0.6 is 11.6 Å². The van der Waals surface area contributed by atoms with E-state index in [1.807, 2.05) is 0 Å². The molecular weight excluding hydrogens is 333 g/mol. The van der Waals surface area contributed by atoms with E-state index in [9.17, 15) is 9.30 Å². The van der Waals surface area contributed by atoms with E-state index in [1.165, 1.54) is 18.2 Å². The number of hydrogen-bond donors (Lipinski definition) is 2. The Hall–Kier alpha value is -2.99. The van der Waals surface area contributed by atoms with Gasteiger partial charge in [-0.05, 0) is 30.3 Å². The zero-order valence-corrected chi connectivity index (χ0v) is 12.9. The summed E-state index contributed by atoms with van der Waals surface area (Å²) >= 11 is 6.05. The van der Waals surface area contributed by atoms with E-state index < -0.39 is 5.82 Å². The molecule has 0 saturated carbocycles. The van der Waals surface area contributed by atoms with Crippen molar-refractivity contribution in [1.29, 1.82) is 0 Å². The van der Waals surface area contributed by atoms with Crippen molar-refractivity contribution in [3.8, 4) is 11.3 Å². The molecule has 0 unspecified atom stereocenters. The van der Waals surface area contributed by atoms with Crippen molar-refractivity contribution >= 4 is 39.1 Å². The molecule has 0 amide bonds. The van der Waals surface area contributed by atoms with Crippen molar-refractivity contribution in [2.24, 2.45) is 0 Å². The number of nitrogens with one attached hydrogen (secondary N) is 1. The lowest BCUT2D eigenvalue weighted by Gasteiger charge is -2.02. The van der Waals surface area contributed by atoms with Gasteiger partial charge in [0.2, 0.25) is 0 Å². The maximum Gasteiger partial charge on any atom is 0.325 e. The summed E-state index contributed by atoms with van der Waals surface area (Å²) in [6, 6.07) is 10.9. The van der Waals surface area contributed by atoms with Gasteiger partial charge in [-0.1, -0.05) is 17.7 Å². The van der Waals surface area contributed by atoms with Crippen LogP contribution in [0.1, 0.15) is 0 Å². The summed E-state index contributed by atoms with van der Waals surface area (Å²) in [7, 11) is 0. The van der Waals surface area contributed by atoms with Crippen LogP contribution in [-0.4, -0.2) is 20.1 Å². The Balaban J connectivity index is 1.96. The highest BCUT2D eigenvalue weighted by Gasteiger charge is 2.18. The highest BCUT2D eigenvalue weighted by atomic mass is 35.5. The number of rotatable bonds is 2. The summed E-state index contributed by atoms with van der Waals surface area (Å²) in [5, 5.41) is 10.6. The van der Waals surface area contributed by atoms with E-state index in [4.69, 9.17) is 16.8 Å². The number of benzene rings is 2. The molecule has 0 saturated heterocycles. The molecule has 4 rings (SSSR count). The second-order valence-electron chi connectivity index (χ2n) is 5.33. The van der Waals surface area contributed by atoms with Crippen LogP contribution < -0.4 is 0 Å². The largest absolute Gasteiger partial charge is 0.359 e. The first-order valence-corrected chi connectivity index (χ1v) is 7.45. The van der Waals surface area contributed by atoms with Crippen molar-refractivity contribution in [2.75, 3.05) is 0 Å². The van der Waals surface area contributed by atoms with Crippen molar-refractivity contribution in [3.63, 3.8) is 0 Å². The van der Waals surface area contributed by atoms with Crippen molar-refractivity contribution in [2.45, 2.75) is 0 Å². The van der Waals surface area contributed by atoms with Gasteiger partial charge in [-0.3, -0.25) is 0 Å². The number of H-pyrrole nitrogens is 1. The number of hydrogen-bond acceptors (Lipinski definition) is 2. The average molecular weight is 343 g/mol. The fourth-order valence-electron chi connectivity index (χ4n) is 2.82. The quantitative estimate of drug-likeness (QED) is 0.505. The predicted molar refractivity (Wildman–Crippen MR) is 89.1 cm³/mol. The van der Waals surface area contributed by atoms with E-state index in [0.717, 1.165) is 0 Å². The SMILES string of the molecule is O=[N+](O)c1cccc2nc(-c3c[nH]c4c(Cl)cc(F)cc34)ccc12. The number of aromatic nitrogens is 2. The lowest BCUT2D eigenvalue weighted by Crippen LogP contribution is -1.94. The first-order valence-electron chi connectivity index (χ1n) is 7.07. The number of pyridine rings is 1. The first-order chi connectivity index (χ1) is 11.5. The summed E-state index contributed by atoms with van der Waals surface area (Å²) in [5.74, 6) is -0.432. The van der Waals surface area contributed by atoms with E-state index in [-0.39, 0.29) is 10.6 Å². The molecule has 0 aliphatic heterocycles. The Morgan fingerprint density at radius 2 is 2.00 bits per heavy atom. The first kappa shape index (κ1) is 14.6. The summed E-state index contributed by atoms with van der Waals surface area (Å²) < 4.78 is 13.7. The molecule has 0 fully saturated rings. The van der Waals surface area contributed by atoms with Gasteiger partial charge in [-0.25, -0.2) is 14.6 Å². The molecule has 4 aromatic rings. The van der Waals surface area contributed by atoms with Gasteiger partial charge in [0, 0.05) is 23.2 Å². The molecule has 0 aliphatic rings. The third-order valence-electron chi connectivity index (χ3n) is 3.90. The molecular formula is C17H10ClFN3O2+. The third-order valence-corrected chi connectivity index (χ3v) is 4.20. The van der Waals surface area contributed by atoms with E-state index in [2.05, 4.69) is 9.97 Å². The molecule has 5 nitrogen and oxygen atoms in total. The maximum atomic E-state index is 13.7. The normalized spacial score (nSPS) is 11.2. The van der Waals surface area contributed by atoms with E-state index >= 15 is 0 Å². The van der Waals surface area contributed by atoms with Crippen LogP contribution in [0.2, 0.25) is 5.02 Å². The molecule has 0 radical (unpaired) electrons. The van der Waals surface area contributed by atoms with Crippen LogP contribution in [-0.2, 0) is 0 Å². The highest BCUT2D eigenvalue weighted by Crippen LogP contribution is 2.34. The average Bonchev–Trinajstić information content (AvgIpc) is 2.97. The summed E-state index contributed by atoms with van der Waals surface area (Å²) in [6.07, 6.45) is 1.71. The van der Waals surface area contributed by atoms with Crippen LogP contribution in [0.15, 0.2) is 48.7 Å². The van der Waals surface area contributed by atoms with Gasteiger partial charge in [-0.15, -0.1) is 0 Å². The fraction of sp³-hybridized carbons (Fsp3) is 0. The Morgan fingerprint density at radius 1 is 1.17 bits per heavy atom. The highest BCUT2D eigenvalue weighted by molar-refractivity contribution is 6.35. The lowest BCUT2D eigenvalue weighted by molar-refractivity contribution is -0.728. The minimum absolute atomic E-state index is 0.111. The van der Waals surface area contributed by atoms with Crippen LogP contribution in [0.3, 0.4) is 0 Å². The molecule has 2 aromatic heterocycles. The summed E-state index contributed by atoms with van der Waals surface area (Å²) in [4.78, 5) is 18.5. The van der Waals surface area contributed by atoms with Crippen LogP contribution in [0.5, 0.6) is 0 Å². The molecule has 2 N–H and O–H groups in total. The minimum Gasteiger partial charge on any atom is -0.359 e. The minimum atomic E-state index is -0.432. The van der Waals surface area contributed by atoms with Crippen molar-refractivity contribution in [3.05, 3.63) is 64.4 Å². The van der Waals surface area contributed by atoms with Crippen LogP contribution in [0.25, 0.3) is 33.1 Å². The molecule has 0 aliphatic carbocycles. The van der Waals surface area contributed by atoms with Gasteiger partial charge in [0.25, 0.3) is 4.92 Å². The number of halogens is 2. The maximum absolute atomic E-state index is 13.7. The Kier molecular flexibility index (Phi) is 3.21. The smallest absolute Gasteiger partial charge is 0.325 e. The molecule has 118 valence electrons. The van der Waals surface area contributed by atoms with Gasteiger partial charge in [-0.2, -0.15) is 0 Å². The fourth-order valence-corrected chi connectivity index (χ4v) is 3.08. The predicted octanol–water partition coefficient (Wildman–Crippen LogP) is 4.98. The topological polar surface area (TPSA) is 69.0 Å². The van der Waals surface area contributed by atoms with Gasteiger partial charge >= 0.3 is 5.69 Å². The van der Waals surface area contributed by atoms with Gasteiger partial charge < -0.3 is 4.98 Å². The summed E-state index contributed by atoms with van der Waals surface area (Å²) in [5.41, 5.74) is 2.57. The molecule has 2 heterocycles. The second-order valence-corrected chi connectivity index (χ2v) is 5.73. The Morgan fingerprint density at radius 3 is 2.79 bits per heavy atom. The van der Waals surface area contributed by atoms with E-state index in [1.54, 1.807) is 30.5 Å². The zero-order valence-electron chi connectivity index (χ0n) is 12.1. The van der Waals surface area contributed by atoms with Gasteiger partial charge in [0.05, 0.1) is 32.0 Å². The molecule has 24 heavy (non-hydrogen) atoms. The summed E-state index contributed by atoms with van der Waals surface area (Å²) in [6.45, 7) is 0. The van der Waals surface area contributed by atoms with Gasteiger partial charge in [0.15, 0.2) is 0 Å². The van der Waals surface area contributed by atoms with Crippen molar-refractivity contribution in [1.82, 2.24) is 9.97 Å². The number of fused-ring (bicyclic) bond motifs is 2. The molecule has 0 spiro atoms. The van der Waals surface area contributed by atoms with Gasteiger partial charge in [0.1, 0.15) is 5.82 Å².